The summed E-state index contributed by atoms with van der Waals surface area (Å²) in [5.74, 6) is -0.0776. The summed E-state index contributed by atoms with van der Waals surface area (Å²) in [4.78, 5) is 0. The zero-order valence-corrected chi connectivity index (χ0v) is 9.09. The quantitative estimate of drug-likeness (QED) is 0.660. The topological polar surface area (TPSA) is 34.1 Å². The predicted molar refractivity (Wildman–Crippen MR) is 53.1 cm³/mol. The molecule has 80 valence electrons. The number of rotatable bonds is 0. The third kappa shape index (κ3) is 3.50. The van der Waals surface area contributed by atoms with E-state index in [2.05, 4.69) is 0 Å². The molecule has 0 unspecified atom stereocenters. The molecule has 0 amide bonds. The fourth-order valence-electron chi connectivity index (χ4n) is 0.805. The molecule has 6 heteroatoms. The van der Waals surface area contributed by atoms with Crippen LogP contribution >= 0.6 is 11.6 Å². The van der Waals surface area contributed by atoms with Gasteiger partial charge in [0, 0.05) is 10.3 Å². The SMILES string of the molecule is CS(=O)(=O)C#Cc1c(F)cc(Cl)cc1F. The average Bonchev–Trinajstić information content (AvgIpc) is 1.99. The molecule has 0 aliphatic rings. The molecule has 1 aromatic rings. The van der Waals surface area contributed by atoms with Crippen molar-refractivity contribution in [2.45, 2.75) is 0 Å². The van der Waals surface area contributed by atoms with Gasteiger partial charge in [0.25, 0.3) is 0 Å². The molecule has 0 saturated carbocycles. The molecule has 0 N–H and O–H groups in total. The first-order chi connectivity index (χ1) is 6.79. The van der Waals surface area contributed by atoms with E-state index in [1.165, 1.54) is 0 Å². The van der Waals surface area contributed by atoms with Crippen molar-refractivity contribution in [2.75, 3.05) is 6.26 Å². The van der Waals surface area contributed by atoms with Crippen LogP contribution in [0.25, 0.3) is 0 Å². The Morgan fingerprint density at radius 3 is 2.13 bits per heavy atom. The van der Waals surface area contributed by atoms with Crippen molar-refractivity contribution in [3.05, 3.63) is 34.4 Å². The van der Waals surface area contributed by atoms with E-state index in [4.69, 9.17) is 11.6 Å². The lowest BCUT2D eigenvalue weighted by Gasteiger charge is -1.97. The van der Waals surface area contributed by atoms with Gasteiger partial charge in [-0.05, 0) is 18.1 Å². The van der Waals surface area contributed by atoms with Crippen molar-refractivity contribution in [1.82, 2.24) is 0 Å². The minimum absolute atomic E-state index is 0.116. The number of hydrogen-bond donors (Lipinski definition) is 0. The highest BCUT2D eigenvalue weighted by atomic mass is 35.5. The maximum absolute atomic E-state index is 13.1. The Kier molecular flexibility index (Phi) is 3.32. The van der Waals surface area contributed by atoms with Crippen LogP contribution in [0.2, 0.25) is 5.02 Å². The van der Waals surface area contributed by atoms with Gasteiger partial charge < -0.3 is 0 Å². The molecule has 0 spiro atoms. The average molecular weight is 251 g/mol. The Bertz CT molecular complexity index is 532. The molecule has 0 heterocycles. The second-order valence-corrected chi connectivity index (χ2v) is 4.93. The number of sulfone groups is 1. The molecule has 0 saturated heterocycles. The fraction of sp³-hybridized carbons (Fsp3) is 0.111. The Balaban J connectivity index is 3.32. The second kappa shape index (κ2) is 4.17. The van der Waals surface area contributed by atoms with Crippen LogP contribution in [0.3, 0.4) is 0 Å². The molecule has 2 nitrogen and oxygen atoms in total. The highest BCUT2D eigenvalue weighted by Gasteiger charge is 2.08. The summed E-state index contributed by atoms with van der Waals surface area (Å²) in [5.41, 5.74) is -0.607. The molecular weight excluding hydrogens is 246 g/mol. The van der Waals surface area contributed by atoms with Crippen molar-refractivity contribution in [1.29, 1.82) is 0 Å². The van der Waals surface area contributed by atoms with Crippen molar-refractivity contribution >= 4 is 21.4 Å². The molecule has 1 aromatic carbocycles. The Morgan fingerprint density at radius 1 is 1.27 bits per heavy atom. The van der Waals surface area contributed by atoms with Crippen LogP contribution in [0.4, 0.5) is 8.78 Å². The Labute approximate surface area is 90.8 Å². The smallest absolute Gasteiger partial charge is 0.214 e. The molecule has 15 heavy (non-hydrogen) atoms. The summed E-state index contributed by atoms with van der Waals surface area (Å²) in [6.07, 6.45) is 0.839. The van der Waals surface area contributed by atoms with E-state index in [-0.39, 0.29) is 5.02 Å². The minimum Gasteiger partial charge on any atom is -0.216 e. The summed E-state index contributed by atoms with van der Waals surface area (Å²) in [6, 6.07) is 1.72. The lowest BCUT2D eigenvalue weighted by Crippen LogP contribution is -1.93. The molecule has 1 rings (SSSR count). The van der Waals surface area contributed by atoms with Gasteiger partial charge in [0.2, 0.25) is 9.84 Å². The third-order valence-corrected chi connectivity index (χ3v) is 2.06. The normalized spacial score (nSPS) is 10.7. The van der Waals surface area contributed by atoms with E-state index < -0.39 is 27.0 Å². The van der Waals surface area contributed by atoms with Gasteiger partial charge in [-0.25, -0.2) is 17.2 Å². The van der Waals surface area contributed by atoms with Crippen LogP contribution in [-0.2, 0) is 9.84 Å². The van der Waals surface area contributed by atoms with Crippen molar-refractivity contribution < 1.29 is 17.2 Å². The van der Waals surface area contributed by atoms with Crippen LogP contribution in [-0.4, -0.2) is 14.7 Å². The molecule has 0 atom stereocenters. The maximum atomic E-state index is 13.1. The van der Waals surface area contributed by atoms with E-state index in [1.54, 1.807) is 5.25 Å². The first-order valence-electron chi connectivity index (χ1n) is 3.67. The first-order valence-corrected chi connectivity index (χ1v) is 5.94. The van der Waals surface area contributed by atoms with E-state index in [1.807, 2.05) is 5.92 Å². The highest BCUT2D eigenvalue weighted by molar-refractivity contribution is 7.95. The van der Waals surface area contributed by atoms with Gasteiger partial charge in [-0.2, -0.15) is 0 Å². The van der Waals surface area contributed by atoms with Gasteiger partial charge >= 0.3 is 0 Å². The monoisotopic (exact) mass is 250 g/mol. The van der Waals surface area contributed by atoms with Crippen LogP contribution in [0.15, 0.2) is 12.1 Å². The van der Waals surface area contributed by atoms with Crippen LogP contribution < -0.4 is 0 Å². The molecule has 0 radical (unpaired) electrons. The molecule has 0 aliphatic heterocycles. The zero-order valence-electron chi connectivity index (χ0n) is 7.51. The third-order valence-electron chi connectivity index (χ3n) is 1.37. The first kappa shape index (κ1) is 12.0. The van der Waals surface area contributed by atoms with E-state index >= 15 is 0 Å². The Morgan fingerprint density at radius 2 is 1.73 bits per heavy atom. The fourth-order valence-corrected chi connectivity index (χ4v) is 1.28. The molecule has 0 fully saturated rings. The van der Waals surface area contributed by atoms with Gasteiger partial charge in [0.05, 0.1) is 11.8 Å². The second-order valence-electron chi connectivity index (χ2n) is 2.74. The number of halogens is 3. The summed E-state index contributed by atoms with van der Waals surface area (Å²) in [6.45, 7) is 0. The molecule has 0 bridgehead atoms. The number of benzene rings is 1. The summed E-state index contributed by atoms with van der Waals surface area (Å²) < 4.78 is 47.4. The van der Waals surface area contributed by atoms with E-state index in [0.29, 0.717) is 0 Å². The molecular formula is C9H5ClF2O2S. The van der Waals surface area contributed by atoms with Gasteiger partial charge in [-0.1, -0.05) is 11.6 Å². The van der Waals surface area contributed by atoms with E-state index in [9.17, 15) is 17.2 Å². The predicted octanol–water partition coefficient (Wildman–Crippen LogP) is 1.97. The van der Waals surface area contributed by atoms with Crippen LogP contribution in [0.1, 0.15) is 5.56 Å². The molecule has 0 aromatic heterocycles. The lowest BCUT2D eigenvalue weighted by atomic mass is 10.2. The lowest BCUT2D eigenvalue weighted by molar-refractivity contribution is 0.577. The molecule has 0 aliphatic carbocycles. The standard InChI is InChI=1S/C9H5ClF2O2S/c1-15(13,14)3-2-7-8(11)4-6(10)5-9(7)12/h4-5H,1H3. The summed E-state index contributed by atoms with van der Waals surface area (Å²) in [5, 5.41) is 1.62. The summed E-state index contributed by atoms with van der Waals surface area (Å²) in [7, 11) is -3.59. The van der Waals surface area contributed by atoms with Crippen molar-refractivity contribution in [3.63, 3.8) is 0 Å². The van der Waals surface area contributed by atoms with Crippen molar-refractivity contribution in [2.24, 2.45) is 0 Å². The maximum Gasteiger partial charge on any atom is 0.214 e. The Hall–Kier alpha value is -1.12. The summed E-state index contributed by atoms with van der Waals surface area (Å²) >= 11 is 5.37. The van der Waals surface area contributed by atoms with Crippen molar-refractivity contribution in [3.8, 4) is 11.2 Å². The van der Waals surface area contributed by atoms with Crippen LogP contribution in [0, 0.1) is 22.8 Å². The van der Waals surface area contributed by atoms with Gasteiger partial charge in [-0.15, -0.1) is 0 Å². The van der Waals surface area contributed by atoms with E-state index in [0.717, 1.165) is 18.4 Å². The largest absolute Gasteiger partial charge is 0.216 e. The van der Waals surface area contributed by atoms with Crippen LogP contribution in [0.5, 0.6) is 0 Å². The van der Waals surface area contributed by atoms with Gasteiger partial charge in [-0.3, -0.25) is 0 Å². The number of hydrogen-bond acceptors (Lipinski definition) is 2. The van der Waals surface area contributed by atoms with Gasteiger partial charge in [0.15, 0.2) is 0 Å². The highest BCUT2D eigenvalue weighted by Crippen LogP contribution is 2.17. The van der Waals surface area contributed by atoms with Gasteiger partial charge in [0.1, 0.15) is 11.6 Å². The minimum atomic E-state index is -3.59. The zero-order chi connectivity index (χ0) is 11.6.